The van der Waals surface area contributed by atoms with Gasteiger partial charge in [0.15, 0.2) is 13.9 Å². The number of rotatable bonds is 3. The molecule has 0 saturated heterocycles. The topological polar surface area (TPSA) is 59.3 Å². The summed E-state index contributed by atoms with van der Waals surface area (Å²) in [4.78, 5) is 12.2. The predicted molar refractivity (Wildman–Crippen MR) is 82.1 cm³/mol. The van der Waals surface area contributed by atoms with Crippen molar-refractivity contribution in [1.29, 1.82) is 5.26 Å². The molecule has 0 radical (unpaired) electrons. The average Bonchev–Trinajstić information content (AvgIpc) is 2.66. The Hall–Kier alpha value is -1.64. The third kappa shape index (κ3) is 2.50. The Balaban J connectivity index is 2.63. The average molecular weight is 303 g/mol. The Bertz CT molecular complexity index is 602. The lowest BCUT2D eigenvalue weighted by Crippen LogP contribution is -2.43. The van der Waals surface area contributed by atoms with Gasteiger partial charge in [0.2, 0.25) is 0 Å². The molecule has 1 aromatic rings. The van der Waals surface area contributed by atoms with Gasteiger partial charge in [-0.15, -0.1) is 0 Å². The van der Waals surface area contributed by atoms with Crippen molar-refractivity contribution in [2.75, 3.05) is 7.11 Å². The lowest BCUT2D eigenvalue weighted by atomic mass is 9.86. The molecule has 0 aliphatic heterocycles. The van der Waals surface area contributed by atoms with E-state index < -0.39 is 19.8 Å². The number of ether oxygens (including phenoxy) is 1. The summed E-state index contributed by atoms with van der Waals surface area (Å²) in [5.74, 6) is -1.05. The van der Waals surface area contributed by atoms with E-state index in [0.717, 1.165) is 11.1 Å². The van der Waals surface area contributed by atoms with Gasteiger partial charge in [-0.3, -0.25) is 4.79 Å². The van der Waals surface area contributed by atoms with Crippen LogP contribution in [0, 0.1) is 17.2 Å². The van der Waals surface area contributed by atoms with Crippen LogP contribution < -0.4 is 0 Å². The number of hydrogen-bond donors (Lipinski definition) is 0. The van der Waals surface area contributed by atoms with E-state index in [1.807, 2.05) is 50.8 Å². The number of carbonyl (C=O) groups is 1. The highest BCUT2D eigenvalue weighted by molar-refractivity contribution is 6.69. The minimum absolute atomic E-state index is 0.279. The maximum absolute atomic E-state index is 12.2. The van der Waals surface area contributed by atoms with Gasteiger partial charge in [0, 0.05) is 11.5 Å². The molecule has 0 N–H and O–H groups in total. The van der Waals surface area contributed by atoms with Gasteiger partial charge in [-0.05, 0) is 25.2 Å². The molecule has 0 aromatic heterocycles. The Morgan fingerprint density at radius 3 is 2.48 bits per heavy atom. The Morgan fingerprint density at radius 1 is 1.33 bits per heavy atom. The van der Waals surface area contributed by atoms with Gasteiger partial charge >= 0.3 is 5.97 Å². The van der Waals surface area contributed by atoms with E-state index in [9.17, 15) is 10.1 Å². The second-order valence-corrected chi connectivity index (χ2v) is 10.9. The second-order valence-electron chi connectivity index (χ2n) is 6.44. The van der Waals surface area contributed by atoms with Crippen molar-refractivity contribution in [2.45, 2.75) is 38.1 Å². The third-order valence-corrected chi connectivity index (χ3v) is 4.86. The Labute approximate surface area is 126 Å². The van der Waals surface area contributed by atoms with Crippen molar-refractivity contribution in [1.82, 2.24) is 0 Å². The molecule has 4 nitrogen and oxygen atoms in total. The molecule has 0 saturated carbocycles. The molecule has 112 valence electrons. The highest BCUT2D eigenvalue weighted by Gasteiger charge is 2.55. The summed E-state index contributed by atoms with van der Waals surface area (Å²) in [7, 11) is -0.597. The lowest BCUT2D eigenvalue weighted by molar-refractivity contribution is -0.144. The molecule has 3 atom stereocenters. The SMILES string of the molecule is COC(=O)C1c2ccccc2C(C#N)(O[Si](C)(C)C)C1C. The predicted octanol–water partition coefficient (Wildman–Crippen LogP) is 3.16. The monoisotopic (exact) mass is 303 g/mol. The van der Waals surface area contributed by atoms with Crippen LogP contribution in [0.25, 0.3) is 0 Å². The van der Waals surface area contributed by atoms with Crippen molar-refractivity contribution < 1.29 is 14.0 Å². The van der Waals surface area contributed by atoms with E-state index in [0.29, 0.717) is 0 Å². The van der Waals surface area contributed by atoms with Gasteiger partial charge in [0.1, 0.15) is 6.07 Å². The fourth-order valence-corrected chi connectivity index (χ4v) is 4.44. The van der Waals surface area contributed by atoms with Gasteiger partial charge < -0.3 is 9.16 Å². The summed E-state index contributed by atoms with van der Waals surface area (Å²) >= 11 is 0. The minimum Gasteiger partial charge on any atom is -0.469 e. The van der Waals surface area contributed by atoms with Gasteiger partial charge in [0.25, 0.3) is 0 Å². The van der Waals surface area contributed by atoms with Crippen molar-refractivity contribution in [3.63, 3.8) is 0 Å². The van der Waals surface area contributed by atoms with Gasteiger partial charge in [0.05, 0.1) is 13.0 Å². The van der Waals surface area contributed by atoms with Crippen LogP contribution in [0.1, 0.15) is 24.0 Å². The van der Waals surface area contributed by atoms with Gasteiger partial charge in [-0.1, -0.05) is 31.2 Å². The van der Waals surface area contributed by atoms with Crippen molar-refractivity contribution in [2.24, 2.45) is 5.92 Å². The molecular weight excluding hydrogens is 282 g/mol. The zero-order chi connectivity index (χ0) is 15.8. The highest BCUT2D eigenvalue weighted by atomic mass is 28.4. The van der Waals surface area contributed by atoms with E-state index >= 15 is 0 Å². The van der Waals surface area contributed by atoms with E-state index in [1.54, 1.807) is 0 Å². The van der Waals surface area contributed by atoms with E-state index in [4.69, 9.17) is 9.16 Å². The molecule has 1 aliphatic carbocycles. The molecule has 0 amide bonds. The molecule has 21 heavy (non-hydrogen) atoms. The molecule has 3 unspecified atom stereocenters. The summed E-state index contributed by atoms with van der Waals surface area (Å²) in [6.07, 6.45) is 0. The largest absolute Gasteiger partial charge is 0.469 e. The third-order valence-electron chi connectivity index (χ3n) is 3.93. The highest BCUT2D eigenvalue weighted by Crippen LogP contribution is 2.52. The molecule has 0 spiro atoms. The van der Waals surface area contributed by atoms with Crippen LogP contribution in [0.2, 0.25) is 19.6 Å². The smallest absolute Gasteiger partial charge is 0.313 e. The van der Waals surface area contributed by atoms with Crippen LogP contribution >= 0.6 is 0 Å². The fraction of sp³-hybridized carbons (Fsp3) is 0.500. The Kier molecular flexibility index (Phi) is 3.96. The molecular formula is C16H21NO3Si. The first-order chi connectivity index (χ1) is 9.77. The van der Waals surface area contributed by atoms with Crippen LogP contribution in [-0.4, -0.2) is 21.4 Å². The first-order valence-electron chi connectivity index (χ1n) is 7.05. The zero-order valence-electron chi connectivity index (χ0n) is 13.1. The lowest BCUT2D eigenvalue weighted by Gasteiger charge is -2.35. The fourth-order valence-electron chi connectivity index (χ4n) is 3.13. The number of hydrogen-bond acceptors (Lipinski definition) is 4. The molecule has 2 rings (SSSR count). The summed E-state index contributed by atoms with van der Waals surface area (Å²) < 4.78 is 11.2. The van der Waals surface area contributed by atoms with Crippen molar-refractivity contribution >= 4 is 14.3 Å². The number of carbonyl (C=O) groups excluding carboxylic acids is 1. The zero-order valence-corrected chi connectivity index (χ0v) is 14.1. The van der Waals surface area contributed by atoms with E-state index in [1.165, 1.54) is 7.11 Å². The molecule has 0 heterocycles. The number of esters is 1. The first kappa shape index (κ1) is 15.7. The number of benzene rings is 1. The number of nitriles is 1. The molecule has 0 bridgehead atoms. The minimum atomic E-state index is -1.98. The molecule has 1 aliphatic rings. The number of methoxy groups -OCH3 is 1. The van der Waals surface area contributed by atoms with E-state index in [2.05, 4.69) is 6.07 Å². The maximum atomic E-state index is 12.2. The molecule has 1 aromatic carbocycles. The Morgan fingerprint density at radius 2 is 1.95 bits per heavy atom. The summed E-state index contributed by atoms with van der Waals surface area (Å²) in [5, 5.41) is 9.86. The maximum Gasteiger partial charge on any atom is 0.313 e. The molecule has 5 heteroatoms. The number of nitrogens with zero attached hydrogens (tertiary/aromatic N) is 1. The summed E-state index contributed by atoms with van der Waals surface area (Å²) in [6.45, 7) is 8.04. The van der Waals surface area contributed by atoms with Crippen LogP contribution in [0.15, 0.2) is 24.3 Å². The van der Waals surface area contributed by atoms with Gasteiger partial charge in [-0.2, -0.15) is 5.26 Å². The van der Waals surface area contributed by atoms with E-state index in [-0.39, 0.29) is 11.9 Å². The van der Waals surface area contributed by atoms with Crippen LogP contribution in [0.3, 0.4) is 0 Å². The van der Waals surface area contributed by atoms with Crippen LogP contribution in [0.4, 0.5) is 0 Å². The normalized spacial score (nSPS) is 27.8. The van der Waals surface area contributed by atoms with Crippen LogP contribution in [-0.2, 0) is 19.6 Å². The quantitative estimate of drug-likeness (QED) is 0.635. The standard InChI is InChI=1S/C16H21NO3Si/c1-11-14(15(18)19-2)12-8-6-7-9-13(12)16(11,10-17)20-21(3,4)5/h6-9,11,14H,1-5H3. The number of fused-ring (bicyclic) bond motifs is 1. The van der Waals surface area contributed by atoms with Crippen molar-refractivity contribution in [3.05, 3.63) is 35.4 Å². The summed E-state index contributed by atoms with van der Waals surface area (Å²) in [5.41, 5.74) is 0.578. The first-order valence-corrected chi connectivity index (χ1v) is 10.5. The van der Waals surface area contributed by atoms with Crippen molar-refractivity contribution in [3.8, 4) is 6.07 Å². The second kappa shape index (κ2) is 5.28. The summed E-state index contributed by atoms with van der Waals surface area (Å²) in [6, 6.07) is 9.89. The van der Waals surface area contributed by atoms with Crippen LogP contribution in [0.5, 0.6) is 0 Å². The van der Waals surface area contributed by atoms with Gasteiger partial charge in [-0.25, -0.2) is 0 Å². The molecule has 0 fully saturated rings.